The van der Waals surface area contributed by atoms with Crippen LogP contribution in [0.4, 0.5) is 0 Å². The van der Waals surface area contributed by atoms with Crippen molar-refractivity contribution in [1.29, 1.82) is 0 Å². The fraction of sp³-hybridized carbons (Fsp3) is 0.235. The Balaban J connectivity index is 1.83. The number of carbonyl (C=O) groups is 1. The van der Waals surface area contributed by atoms with E-state index in [1.165, 1.54) is 0 Å². The summed E-state index contributed by atoms with van der Waals surface area (Å²) in [5, 5.41) is 2.66. The van der Waals surface area contributed by atoms with Gasteiger partial charge in [-0.15, -0.1) is 0 Å². The Morgan fingerprint density at radius 1 is 1.22 bits per heavy atom. The maximum absolute atomic E-state index is 12.6. The summed E-state index contributed by atoms with van der Waals surface area (Å²) in [6.45, 7) is 0. The zero-order valence-electron chi connectivity index (χ0n) is 12.3. The fourth-order valence-electron chi connectivity index (χ4n) is 3.20. The van der Waals surface area contributed by atoms with Crippen LogP contribution >= 0.6 is 15.9 Å². The van der Waals surface area contributed by atoms with Crippen molar-refractivity contribution >= 4 is 27.8 Å². The molecule has 0 saturated heterocycles. The fourth-order valence-corrected chi connectivity index (χ4v) is 3.56. The van der Waals surface area contributed by atoms with Crippen LogP contribution in [0.15, 0.2) is 52.2 Å². The number of hydrogen-bond donors (Lipinski definition) is 2. The van der Waals surface area contributed by atoms with Crippen molar-refractivity contribution in [2.24, 2.45) is 16.6 Å². The van der Waals surface area contributed by atoms with E-state index in [0.717, 1.165) is 34.0 Å². The summed E-state index contributed by atoms with van der Waals surface area (Å²) >= 11 is 3.44. The van der Waals surface area contributed by atoms with Gasteiger partial charge in [-0.1, -0.05) is 18.2 Å². The number of rotatable bonds is 3. The molecule has 0 bridgehead atoms. The van der Waals surface area contributed by atoms with Crippen LogP contribution in [0.2, 0.25) is 0 Å². The molecule has 0 radical (unpaired) electrons. The van der Waals surface area contributed by atoms with Crippen molar-refractivity contribution in [1.82, 2.24) is 10.3 Å². The Bertz CT molecular complexity index is 831. The van der Waals surface area contributed by atoms with Gasteiger partial charge in [0.25, 0.3) is 5.91 Å². The van der Waals surface area contributed by atoms with E-state index in [1.54, 1.807) is 12.4 Å². The number of guanidine groups is 1. The van der Waals surface area contributed by atoms with Gasteiger partial charge in [0.15, 0.2) is 11.5 Å². The number of pyridine rings is 1. The van der Waals surface area contributed by atoms with Crippen molar-refractivity contribution in [2.75, 3.05) is 0 Å². The minimum atomic E-state index is -0.875. The van der Waals surface area contributed by atoms with Crippen LogP contribution in [-0.2, 0) is 10.3 Å². The minimum Gasteiger partial charge on any atom is -0.370 e. The second-order valence-corrected chi connectivity index (χ2v) is 6.88. The number of nitrogens with one attached hydrogen (secondary N) is 1. The zero-order chi connectivity index (χ0) is 16.0. The Kier molecular flexibility index (Phi) is 3.23. The van der Waals surface area contributed by atoms with Crippen LogP contribution in [0.3, 0.4) is 0 Å². The summed E-state index contributed by atoms with van der Waals surface area (Å²) in [5.41, 5.74) is 7.78. The second kappa shape index (κ2) is 5.16. The molecule has 1 aliphatic heterocycles. The first-order chi connectivity index (χ1) is 11.1. The number of aliphatic imine (C=N–C) groups is 1. The molecule has 6 heteroatoms. The number of carbonyl (C=O) groups excluding carboxylic acids is 1. The smallest absolute Gasteiger partial charge is 0.259 e. The highest BCUT2D eigenvalue weighted by Gasteiger charge is 2.55. The van der Waals surface area contributed by atoms with E-state index in [-0.39, 0.29) is 17.8 Å². The van der Waals surface area contributed by atoms with Crippen LogP contribution in [0.1, 0.15) is 18.4 Å². The first-order valence-electron chi connectivity index (χ1n) is 7.48. The molecule has 1 unspecified atom stereocenters. The highest BCUT2D eigenvalue weighted by Crippen LogP contribution is 2.50. The quantitative estimate of drug-likeness (QED) is 0.870. The van der Waals surface area contributed by atoms with Crippen molar-refractivity contribution in [2.45, 2.75) is 18.4 Å². The molecule has 116 valence electrons. The van der Waals surface area contributed by atoms with Crippen LogP contribution in [-0.4, -0.2) is 16.9 Å². The third kappa shape index (κ3) is 2.34. The molecular weight excluding hydrogens is 356 g/mol. The lowest BCUT2D eigenvalue weighted by Crippen LogP contribution is -2.40. The molecule has 1 aliphatic carbocycles. The normalized spacial score (nSPS) is 23.5. The number of aromatic nitrogens is 1. The maximum atomic E-state index is 12.6. The van der Waals surface area contributed by atoms with Gasteiger partial charge in [0.05, 0.1) is 0 Å². The Labute approximate surface area is 142 Å². The molecule has 2 heterocycles. The van der Waals surface area contributed by atoms with E-state index < -0.39 is 5.54 Å². The number of amides is 1. The summed E-state index contributed by atoms with van der Waals surface area (Å²) in [5.74, 6) is 0.304. The standard InChI is InChI=1S/C17H15BrN4O/c18-14-7-11(8-20-9-14)10-2-1-3-13(6-10)17(12-4-5-12)15(23)21-16(19)22-17/h1-3,6-9,12H,4-5H2,(H3,19,21,22,23). The van der Waals surface area contributed by atoms with Gasteiger partial charge in [0.2, 0.25) is 0 Å². The third-order valence-corrected chi connectivity index (χ3v) is 4.83. The first-order valence-corrected chi connectivity index (χ1v) is 8.27. The molecule has 1 aromatic carbocycles. The lowest BCUT2D eigenvalue weighted by Gasteiger charge is -2.24. The van der Waals surface area contributed by atoms with Gasteiger partial charge in [-0.25, -0.2) is 4.99 Å². The molecule has 23 heavy (non-hydrogen) atoms. The molecule has 1 atom stereocenters. The molecule has 0 spiro atoms. The molecule has 3 N–H and O–H groups in total. The average Bonchev–Trinajstić information content (AvgIpc) is 3.33. The lowest BCUT2D eigenvalue weighted by molar-refractivity contribution is -0.124. The average molecular weight is 371 g/mol. The molecule has 5 nitrogen and oxygen atoms in total. The molecule has 1 fully saturated rings. The highest BCUT2D eigenvalue weighted by atomic mass is 79.9. The van der Waals surface area contributed by atoms with Crippen LogP contribution in [0, 0.1) is 5.92 Å². The van der Waals surface area contributed by atoms with Gasteiger partial charge in [-0.2, -0.15) is 0 Å². The molecule has 1 amide bonds. The van der Waals surface area contributed by atoms with Crippen molar-refractivity contribution in [3.8, 4) is 11.1 Å². The summed E-state index contributed by atoms with van der Waals surface area (Å²) in [7, 11) is 0. The monoisotopic (exact) mass is 370 g/mol. The van der Waals surface area contributed by atoms with E-state index in [1.807, 2.05) is 30.3 Å². The summed E-state index contributed by atoms with van der Waals surface area (Å²) in [4.78, 5) is 21.3. The van der Waals surface area contributed by atoms with Crippen molar-refractivity contribution in [3.63, 3.8) is 0 Å². The molecule has 1 aromatic heterocycles. The van der Waals surface area contributed by atoms with Gasteiger partial charge in [0.1, 0.15) is 0 Å². The van der Waals surface area contributed by atoms with Crippen molar-refractivity contribution in [3.05, 3.63) is 52.8 Å². The van der Waals surface area contributed by atoms with Gasteiger partial charge in [-0.3, -0.25) is 15.1 Å². The van der Waals surface area contributed by atoms with E-state index in [4.69, 9.17) is 5.73 Å². The Morgan fingerprint density at radius 2 is 2.04 bits per heavy atom. The summed E-state index contributed by atoms with van der Waals surface area (Å²) < 4.78 is 0.915. The lowest BCUT2D eigenvalue weighted by atomic mass is 9.84. The SMILES string of the molecule is NC1=NC(c2cccc(-c3cncc(Br)c3)c2)(C2CC2)C(=O)N1. The zero-order valence-corrected chi connectivity index (χ0v) is 13.9. The Hall–Kier alpha value is -2.21. The van der Waals surface area contributed by atoms with Gasteiger partial charge < -0.3 is 5.73 Å². The maximum Gasteiger partial charge on any atom is 0.259 e. The van der Waals surface area contributed by atoms with Gasteiger partial charge in [0, 0.05) is 22.4 Å². The largest absolute Gasteiger partial charge is 0.370 e. The van der Waals surface area contributed by atoms with Crippen LogP contribution in [0.25, 0.3) is 11.1 Å². The van der Waals surface area contributed by atoms with Gasteiger partial charge >= 0.3 is 0 Å². The third-order valence-electron chi connectivity index (χ3n) is 4.39. The molecule has 4 rings (SSSR count). The van der Waals surface area contributed by atoms with Crippen LogP contribution in [0.5, 0.6) is 0 Å². The van der Waals surface area contributed by atoms with Crippen molar-refractivity contribution < 1.29 is 4.79 Å². The second-order valence-electron chi connectivity index (χ2n) is 5.96. The molecule has 2 aliphatic rings. The van der Waals surface area contributed by atoms with Gasteiger partial charge in [-0.05, 0) is 57.9 Å². The predicted octanol–water partition coefficient (Wildman–Crippen LogP) is 2.56. The number of benzene rings is 1. The highest BCUT2D eigenvalue weighted by molar-refractivity contribution is 9.10. The molecular formula is C17H15BrN4O. The van der Waals surface area contributed by atoms with Crippen LogP contribution < -0.4 is 11.1 Å². The van der Waals surface area contributed by atoms with E-state index in [9.17, 15) is 4.79 Å². The molecule has 1 saturated carbocycles. The Morgan fingerprint density at radius 3 is 2.70 bits per heavy atom. The van der Waals surface area contributed by atoms with E-state index >= 15 is 0 Å². The first kappa shape index (κ1) is 14.4. The predicted molar refractivity (Wildman–Crippen MR) is 91.5 cm³/mol. The number of hydrogen-bond acceptors (Lipinski definition) is 4. The number of nitrogens with zero attached hydrogens (tertiary/aromatic N) is 2. The summed E-state index contributed by atoms with van der Waals surface area (Å²) in [6, 6.07) is 9.93. The van der Waals surface area contributed by atoms with E-state index in [0.29, 0.717) is 0 Å². The molecule has 2 aromatic rings. The minimum absolute atomic E-state index is 0.123. The number of nitrogens with two attached hydrogens (primary N) is 1. The number of halogens is 1. The topological polar surface area (TPSA) is 80.4 Å². The van der Waals surface area contributed by atoms with E-state index in [2.05, 4.69) is 31.2 Å². The summed E-state index contributed by atoms with van der Waals surface area (Å²) in [6.07, 6.45) is 5.54.